The summed E-state index contributed by atoms with van der Waals surface area (Å²) < 4.78 is 9.77. The molecule has 5 nitrogen and oxygen atoms in total. The zero-order valence-electron chi connectivity index (χ0n) is 7.81. The van der Waals surface area contributed by atoms with Crippen molar-refractivity contribution < 1.29 is 47.1 Å². The Morgan fingerprint density at radius 3 is 2.36 bits per heavy atom. The molecule has 0 N–H and O–H groups in total. The molecule has 1 radical (unpaired) electrons. The Hall–Kier alpha value is -0.676. The molecule has 0 saturated heterocycles. The summed E-state index contributed by atoms with van der Waals surface area (Å²) in [5, 5.41) is 10.3. The molecule has 0 atom stereocenters. The minimum Gasteiger partial charge on any atom is -0.551 e. The van der Waals surface area contributed by atoms with Gasteiger partial charge in [0.2, 0.25) is 0 Å². The molecule has 0 heterocycles. The second-order valence-electron chi connectivity index (χ2n) is 2.21. The van der Waals surface area contributed by atoms with E-state index in [1.54, 1.807) is 0 Å². The van der Waals surface area contributed by atoms with Crippen molar-refractivity contribution in [2.24, 2.45) is 0 Å². The van der Waals surface area contributed by atoms with Gasteiger partial charge in [-0.15, -0.1) is 6.07 Å². The van der Waals surface area contributed by atoms with E-state index in [1.807, 2.05) is 0 Å². The molecule has 0 spiro atoms. The first-order chi connectivity index (χ1) is 6.19. The zero-order chi connectivity index (χ0) is 9.84. The molecule has 0 amide bonds. The van der Waals surface area contributed by atoms with Gasteiger partial charge in [0.05, 0.1) is 20.0 Å². The molecule has 0 bridgehead atoms. The Kier molecular flexibility index (Phi) is 5.64. The van der Waals surface area contributed by atoms with E-state index in [-0.39, 0.29) is 38.4 Å². The summed E-state index contributed by atoms with van der Waals surface area (Å²) in [5.41, 5.74) is -0.141. The second kappa shape index (κ2) is 5.93. The van der Waals surface area contributed by atoms with E-state index in [0.29, 0.717) is 11.5 Å². The van der Waals surface area contributed by atoms with Gasteiger partial charge in [0, 0.05) is 43.4 Å². The Bertz CT molecular complexity index is 329. The Morgan fingerprint density at radius 1 is 1.36 bits per heavy atom. The summed E-state index contributed by atoms with van der Waals surface area (Å²) in [6, 6.07) is 5.09. The van der Waals surface area contributed by atoms with Gasteiger partial charge in [0.1, 0.15) is 0 Å². The van der Waals surface area contributed by atoms with Gasteiger partial charge in [-0.2, -0.15) is 0 Å². The Morgan fingerprint density at radius 2 is 1.93 bits per heavy atom. The van der Waals surface area contributed by atoms with E-state index >= 15 is 0 Å². The van der Waals surface area contributed by atoms with Crippen LogP contribution in [-0.4, -0.2) is 19.1 Å². The van der Waals surface area contributed by atoms with E-state index in [4.69, 9.17) is 9.47 Å². The van der Waals surface area contributed by atoms with Gasteiger partial charge < -0.3 is 9.47 Å². The number of ether oxygens (including phenoxy) is 2. The largest absolute Gasteiger partial charge is 0.551 e. The third-order valence-corrected chi connectivity index (χ3v) is 1.50. The van der Waals surface area contributed by atoms with Crippen LogP contribution in [0.5, 0.6) is 11.5 Å². The van der Waals surface area contributed by atoms with Crippen molar-refractivity contribution in [3.8, 4) is 11.5 Å². The molecule has 0 saturated carbocycles. The van der Waals surface area contributed by atoms with Crippen LogP contribution < -0.4 is 9.47 Å². The predicted molar refractivity (Wildman–Crippen MR) is 45.0 cm³/mol. The number of hydrogen-bond donors (Lipinski definition) is 0. The van der Waals surface area contributed by atoms with Gasteiger partial charge in [-0.1, -0.05) is 6.07 Å². The first kappa shape index (κ1) is 13.3. The summed E-state index contributed by atoms with van der Waals surface area (Å²) in [7, 11) is 2.87. The molecule has 1 rings (SSSR count). The fourth-order valence-corrected chi connectivity index (χ4v) is 0.872. The first-order valence-corrected chi connectivity index (χ1v) is 3.47. The van der Waals surface area contributed by atoms with Crippen molar-refractivity contribution in [3.63, 3.8) is 0 Å². The number of nitro groups is 1. The molecule has 1 aromatic carbocycles. The number of nitro benzene ring substituents is 1. The van der Waals surface area contributed by atoms with Crippen LogP contribution in [0, 0.1) is 16.2 Å². The maximum atomic E-state index is 10.3. The molecular weight excluding hydrogens is 263 g/mol. The summed E-state index contributed by atoms with van der Waals surface area (Å²) in [6.45, 7) is 0. The minimum absolute atomic E-state index is 0. The van der Waals surface area contributed by atoms with E-state index in [9.17, 15) is 10.1 Å². The van der Waals surface area contributed by atoms with Crippen molar-refractivity contribution in [2.75, 3.05) is 14.2 Å². The van der Waals surface area contributed by atoms with Crippen LogP contribution in [0.2, 0.25) is 0 Å². The number of non-ortho nitro benzene ring substituents is 1. The number of methoxy groups -OCH3 is 2. The van der Waals surface area contributed by atoms with Crippen molar-refractivity contribution >= 4 is 5.69 Å². The summed E-state index contributed by atoms with van der Waals surface area (Å²) in [6.07, 6.45) is 0. The van der Waals surface area contributed by atoms with Crippen LogP contribution in [0.3, 0.4) is 0 Å². The van der Waals surface area contributed by atoms with E-state index in [0.717, 1.165) is 0 Å². The second-order valence-corrected chi connectivity index (χ2v) is 2.21. The van der Waals surface area contributed by atoms with Crippen LogP contribution in [0.25, 0.3) is 0 Å². The van der Waals surface area contributed by atoms with Gasteiger partial charge in [0.25, 0.3) is 0 Å². The number of hydrogen-bond acceptors (Lipinski definition) is 4. The van der Waals surface area contributed by atoms with Crippen LogP contribution in [0.1, 0.15) is 0 Å². The molecule has 0 aliphatic carbocycles. The van der Waals surface area contributed by atoms with Crippen molar-refractivity contribution in [1.29, 1.82) is 0 Å². The van der Waals surface area contributed by atoms with Gasteiger partial charge in [-0.25, -0.2) is 0 Å². The number of rotatable bonds is 3. The van der Waals surface area contributed by atoms with E-state index in [1.165, 1.54) is 26.4 Å². The van der Waals surface area contributed by atoms with Gasteiger partial charge in [-0.05, 0) is 6.07 Å². The summed E-state index contributed by atoms with van der Waals surface area (Å²) in [5.74, 6) is 0.751. The molecule has 0 unspecified atom stereocenters. The minimum atomic E-state index is -0.540. The fourth-order valence-electron chi connectivity index (χ4n) is 0.872. The number of nitrogens with zero attached hydrogens (tertiary/aromatic N) is 1. The smallest absolute Gasteiger partial charge is 0.166 e. The Balaban J connectivity index is 0.00000169. The maximum absolute atomic E-state index is 10.3. The number of benzene rings is 1. The molecule has 73 valence electrons. The van der Waals surface area contributed by atoms with Crippen LogP contribution in [0.4, 0.5) is 5.69 Å². The maximum Gasteiger partial charge on any atom is 0.166 e. The fraction of sp³-hybridized carbons (Fsp3) is 0.250. The molecule has 0 aromatic heterocycles. The van der Waals surface area contributed by atoms with E-state index < -0.39 is 4.92 Å². The third kappa shape index (κ3) is 2.92. The van der Waals surface area contributed by atoms with Gasteiger partial charge >= 0.3 is 0 Å². The molecule has 0 aliphatic rings. The van der Waals surface area contributed by atoms with Crippen molar-refractivity contribution in [2.45, 2.75) is 0 Å². The average molecular weight is 271 g/mol. The molecule has 14 heavy (non-hydrogen) atoms. The van der Waals surface area contributed by atoms with Crippen LogP contribution in [-0.2, 0) is 32.7 Å². The van der Waals surface area contributed by atoms with Crippen molar-refractivity contribution in [3.05, 3.63) is 28.3 Å². The van der Waals surface area contributed by atoms with Crippen LogP contribution >= 0.6 is 0 Å². The SMILES string of the molecule is COc1c[c-]c([N+](=O)[O-])cc1OC.[Y]. The average Bonchev–Trinajstić information content (AvgIpc) is 2.16. The summed E-state index contributed by atoms with van der Waals surface area (Å²) in [4.78, 5) is 9.81. The first-order valence-electron chi connectivity index (χ1n) is 3.47. The van der Waals surface area contributed by atoms with Gasteiger partial charge in [-0.3, -0.25) is 10.1 Å². The monoisotopic (exact) mass is 271 g/mol. The van der Waals surface area contributed by atoms with Crippen molar-refractivity contribution in [1.82, 2.24) is 0 Å². The summed E-state index contributed by atoms with van der Waals surface area (Å²) >= 11 is 0. The van der Waals surface area contributed by atoms with Gasteiger partial charge in [0.15, 0.2) is 5.69 Å². The Labute approximate surface area is 106 Å². The normalized spacial score (nSPS) is 8.71. The third-order valence-electron chi connectivity index (χ3n) is 1.50. The standard InChI is InChI=1S/C8H8NO4.Y/c1-12-7-4-3-6(9(10)11)5-8(7)13-2;/h4-5H,1-2H3;/q-1;. The molecule has 1 aromatic rings. The molecule has 6 heteroatoms. The topological polar surface area (TPSA) is 61.6 Å². The van der Waals surface area contributed by atoms with Crippen LogP contribution in [0.15, 0.2) is 12.1 Å². The molecule has 0 fully saturated rings. The predicted octanol–water partition coefficient (Wildman–Crippen LogP) is 1.41. The van der Waals surface area contributed by atoms with E-state index in [2.05, 4.69) is 6.07 Å². The zero-order valence-corrected chi connectivity index (χ0v) is 10.7. The molecular formula is C8H8NO4Y-. The molecule has 0 aliphatic heterocycles. The quantitative estimate of drug-likeness (QED) is 0.473.